The molecule has 10 heteroatoms. The summed E-state index contributed by atoms with van der Waals surface area (Å²) >= 11 is 5.96. The molecular weight excluding hydrogens is 492 g/mol. The maximum absolute atomic E-state index is 12.8. The Balaban J connectivity index is 1.22. The molecule has 1 unspecified atom stereocenters. The Morgan fingerprint density at radius 3 is 2.35 bits per heavy atom. The van der Waals surface area contributed by atoms with E-state index in [0.717, 1.165) is 36.5 Å². The average molecular weight is 521 g/mol. The van der Waals surface area contributed by atoms with Crippen molar-refractivity contribution >= 4 is 40.8 Å². The van der Waals surface area contributed by atoms with Crippen LogP contribution in [0.5, 0.6) is 0 Å². The summed E-state index contributed by atoms with van der Waals surface area (Å²) in [5.74, 6) is 0.127. The van der Waals surface area contributed by atoms with E-state index in [9.17, 15) is 14.4 Å². The molecule has 0 saturated carbocycles. The number of aromatic nitrogens is 2. The first-order chi connectivity index (χ1) is 17.9. The molecule has 1 atom stereocenters. The fourth-order valence-corrected chi connectivity index (χ4v) is 4.31. The number of anilines is 2. The van der Waals surface area contributed by atoms with E-state index < -0.39 is 0 Å². The summed E-state index contributed by atoms with van der Waals surface area (Å²) in [5, 5.41) is 17.8. The predicted octanol–water partition coefficient (Wildman–Crippen LogP) is 3.52. The molecule has 3 amide bonds. The molecule has 0 radical (unpaired) electrons. The molecule has 192 valence electrons. The van der Waals surface area contributed by atoms with Crippen molar-refractivity contribution in [2.75, 3.05) is 36.4 Å². The van der Waals surface area contributed by atoms with Gasteiger partial charge in [-0.05, 0) is 61.4 Å². The lowest BCUT2D eigenvalue weighted by Gasteiger charge is -2.32. The van der Waals surface area contributed by atoms with Crippen LogP contribution >= 0.6 is 11.6 Å². The van der Waals surface area contributed by atoms with Crippen LogP contribution in [-0.2, 0) is 9.59 Å². The average Bonchev–Trinajstić information content (AvgIpc) is 2.91. The van der Waals surface area contributed by atoms with Crippen LogP contribution in [0.3, 0.4) is 0 Å². The minimum atomic E-state index is -0.243. The van der Waals surface area contributed by atoms with Crippen LogP contribution in [0, 0.1) is 5.92 Å². The maximum Gasteiger partial charge on any atom is 0.251 e. The zero-order chi connectivity index (χ0) is 26.2. The number of nitrogens with one attached hydrogen (secondary N) is 3. The third kappa shape index (κ3) is 7.27. The Kier molecular flexibility index (Phi) is 8.68. The van der Waals surface area contributed by atoms with Gasteiger partial charge in [0.15, 0.2) is 5.82 Å². The summed E-state index contributed by atoms with van der Waals surface area (Å²) < 4.78 is 0. The molecule has 1 saturated heterocycles. The minimum absolute atomic E-state index is 0.0376. The number of nitrogens with zero attached hydrogens (tertiary/aromatic N) is 3. The van der Waals surface area contributed by atoms with Crippen molar-refractivity contribution in [3.63, 3.8) is 0 Å². The second-order valence-corrected chi connectivity index (χ2v) is 9.31. The maximum atomic E-state index is 12.8. The summed E-state index contributed by atoms with van der Waals surface area (Å²) in [6.45, 7) is 3.45. The fraction of sp³-hybridized carbons (Fsp3) is 0.296. The lowest BCUT2D eigenvalue weighted by atomic mass is 9.97. The predicted molar refractivity (Wildman–Crippen MR) is 144 cm³/mol. The molecule has 1 aliphatic heterocycles. The van der Waals surface area contributed by atoms with Crippen molar-refractivity contribution in [2.24, 2.45) is 5.92 Å². The van der Waals surface area contributed by atoms with Crippen LogP contribution in [0.25, 0.3) is 11.3 Å². The second-order valence-electron chi connectivity index (χ2n) is 8.87. The number of hydrogen-bond acceptors (Lipinski definition) is 6. The van der Waals surface area contributed by atoms with E-state index in [1.165, 1.54) is 6.92 Å². The molecule has 1 aliphatic rings. The van der Waals surface area contributed by atoms with Crippen molar-refractivity contribution in [1.29, 1.82) is 0 Å². The number of piperidine rings is 1. The van der Waals surface area contributed by atoms with E-state index >= 15 is 0 Å². The van der Waals surface area contributed by atoms with Gasteiger partial charge in [0, 0.05) is 54.9 Å². The number of amides is 3. The van der Waals surface area contributed by atoms with E-state index in [-0.39, 0.29) is 23.6 Å². The van der Waals surface area contributed by atoms with Gasteiger partial charge in [0.25, 0.3) is 5.91 Å². The normalized spacial score (nSPS) is 15.1. The molecule has 2 aromatic carbocycles. The number of carbonyl (C=O) groups excluding carboxylic acids is 3. The van der Waals surface area contributed by atoms with Gasteiger partial charge in [0.2, 0.25) is 11.8 Å². The van der Waals surface area contributed by atoms with Crippen LogP contribution in [0.2, 0.25) is 5.02 Å². The molecule has 3 aromatic rings. The molecule has 9 nitrogen and oxygen atoms in total. The Labute approximate surface area is 220 Å². The number of halogens is 1. The lowest BCUT2D eigenvalue weighted by molar-refractivity contribution is -0.125. The molecular formula is C27H29ClN6O3. The molecule has 3 N–H and O–H groups in total. The van der Waals surface area contributed by atoms with Gasteiger partial charge in [-0.3, -0.25) is 14.4 Å². The van der Waals surface area contributed by atoms with Gasteiger partial charge in [-0.15, -0.1) is 10.2 Å². The molecule has 0 spiro atoms. The molecule has 1 aromatic heterocycles. The Morgan fingerprint density at radius 1 is 0.946 bits per heavy atom. The van der Waals surface area contributed by atoms with Crippen molar-refractivity contribution in [2.45, 2.75) is 19.8 Å². The topological polar surface area (TPSA) is 116 Å². The van der Waals surface area contributed by atoms with Gasteiger partial charge in [-0.1, -0.05) is 23.7 Å². The number of hydrogen-bond donors (Lipinski definition) is 3. The zero-order valence-corrected chi connectivity index (χ0v) is 21.3. The standard InChI is InChI=1S/C27H29ClN6O3/c1-18(35)31-23-10-6-20(7-11-23)26(36)29-14-15-30-27(37)21-3-2-16-34(17-21)25-13-12-24(32-33-25)19-4-8-22(28)9-5-19/h4-13,21H,2-3,14-17H2,1H3,(H,29,36)(H,30,37)(H,31,35). The van der Waals surface area contributed by atoms with Crippen LogP contribution in [0.15, 0.2) is 60.7 Å². The number of benzene rings is 2. The highest BCUT2D eigenvalue weighted by Crippen LogP contribution is 2.24. The highest BCUT2D eigenvalue weighted by molar-refractivity contribution is 6.30. The second kappa shape index (κ2) is 12.3. The quantitative estimate of drug-likeness (QED) is 0.391. The van der Waals surface area contributed by atoms with Crippen molar-refractivity contribution < 1.29 is 14.4 Å². The van der Waals surface area contributed by atoms with Crippen LogP contribution in [0.1, 0.15) is 30.1 Å². The number of rotatable bonds is 8. The van der Waals surface area contributed by atoms with Gasteiger partial charge < -0.3 is 20.9 Å². The Bertz CT molecular complexity index is 1230. The SMILES string of the molecule is CC(=O)Nc1ccc(C(=O)NCCNC(=O)C2CCCN(c3ccc(-c4ccc(Cl)cc4)nn3)C2)cc1. The zero-order valence-electron chi connectivity index (χ0n) is 20.5. The lowest BCUT2D eigenvalue weighted by Crippen LogP contribution is -2.45. The third-order valence-corrected chi connectivity index (χ3v) is 6.34. The summed E-state index contributed by atoms with van der Waals surface area (Å²) in [6.07, 6.45) is 1.68. The Morgan fingerprint density at radius 2 is 1.68 bits per heavy atom. The molecule has 2 heterocycles. The summed E-state index contributed by atoms with van der Waals surface area (Å²) in [4.78, 5) is 38.2. The van der Waals surface area contributed by atoms with E-state index in [0.29, 0.717) is 35.9 Å². The summed E-state index contributed by atoms with van der Waals surface area (Å²) in [6, 6.07) is 17.9. The summed E-state index contributed by atoms with van der Waals surface area (Å²) in [7, 11) is 0. The van der Waals surface area contributed by atoms with Gasteiger partial charge in [0.1, 0.15) is 0 Å². The smallest absolute Gasteiger partial charge is 0.251 e. The van der Waals surface area contributed by atoms with E-state index in [2.05, 4.69) is 31.0 Å². The minimum Gasteiger partial charge on any atom is -0.354 e. The first-order valence-corrected chi connectivity index (χ1v) is 12.5. The monoisotopic (exact) mass is 520 g/mol. The first kappa shape index (κ1) is 26.1. The third-order valence-electron chi connectivity index (χ3n) is 6.08. The van der Waals surface area contributed by atoms with E-state index in [4.69, 9.17) is 11.6 Å². The summed E-state index contributed by atoms with van der Waals surface area (Å²) in [5.41, 5.74) is 2.80. The molecule has 0 aliphatic carbocycles. The van der Waals surface area contributed by atoms with Crippen molar-refractivity contribution in [3.05, 3.63) is 71.2 Å². The van der Waals surface area contributed by atoms with Gasteiger partial charge in [0.05, 0.1) is 11.6 Å². The van der Waals surface area contributed by atoms with Gasteiger partial charge >= 0.3 is 0 Å². The van der Waals surface area contributed by atoms with Crippen LogP contribution in [-0.4, -0.2) is 54.1 Å². The largest absolute Gasteiger partial charge is 0.354 e. The Hall–Kier alpha value is -3.98. The van der Waals surface area contributed by atoms with Crippen LogP contribution < -0.4 is 20.9 Å². The molecule has 4 rings (SSSR count). The van der Waals surface area contributed by atoms with E-state index in [1.807, 2.05) is 36.4 Å². The highest BCUT2D eigenvalue weighted by atomic mass is 35.5. The van der Waals surface area contributed by atoms with Crippen molar-refractivity contribution in [1.82, 2.24) is 20.8 Å². The molecule has 37 heavy (non-hydrogen) atoms. The highest BCUT2D eigenvalue weighted by Gasteiger charge is 2.26. The first-order valence-electron chi connectivity index (χ1n) is 12.2. The molecule has 1 fully saturated rings. The fourth-order valence-electron chi connectivity index (χ4n) is 4.18. The van der Waals surface area contributed by atoms with Crippen LogP contribution in [0.4, 0.5) is 11.5 Å². The van der Waals surface area contributed by atoms with Gasteiger partial charge in [-0.2, -0.15) is 0 Å². The van der Waals surface area contributed by atoms with E-state index in [1.54, 1.807) is 24.3 Å². The number of carbonyl (C=O) groups is 3. The van der Waals surface area contributed by atoms with Crippen molar-refractivity contribution in [3.8, 4) is 11.3 Å². The molecule has 0 bridgehead atoms. The van der Waals surface area contributed by atoms with Gasteiger partial charge in [-0.25, -0.2) is 0 Å².